The van der Waals surface area contributed by atoms with E-state index in [-0.39, 0.29) is 24.3 Å². The van der Waals surface area contributed by atoms with E-state index >= 15 is 0 Å². The van der Waals surface area contributed by atoms with Crippen molar-refractivity contribution in [2.45, 2.75) is 25.3 Å². The molecule has 0 saturated carbocycles. The van der Waals surface area contributed by atoms with Crippen LogP contribution >= 0.6 is 0 Å². The van der Waals surface area contributed by atoms with Crippen LogP contribution in [0, 0.1) is 5.92 Å². The van der Waals surface area contributed by atoms with Gasteiger partial charge in [0.2, 0.25) is 5.91 Å². The summed E-state index contributed by atoms with van der Waals surface area (Å²) in [4.78, 5) is 23.6. The minimum absolute atomic E-state index is 0.00381. The van der Waals surface area contributed by atoms with E-state index in [1.165, 1.54) is 0 Å². The number of amides is 1. The Labute approximate surface area is 146 Å². The minimum Gasteiger partial charge on any atom is -0.492 e. The van der Waals surface area contributed by atoms with Crippen LogP contribution in [0.15, 0.2) is 54.6 Å². The zero-order valence-corrected chi connectivity index (χ0v) is 13.9. The molecule has 130 valence electrons. The van der Waals surface area contributed by atoms with E-state index in [1.54, 1.807) is 0 Å². The second-order valence-electron chi connectivity index (χ2n) is 6.22. The topological polar surface area (TPSA) is 75.6 Å². The number of aliphatic carboxylic acids is 1. The van der Waals surface area contributed by atoms with E-state index in [9.17, 15) is 9.59 Å². The largest absolute Gasteiger partial charge is 0.492 e. The number of carbonyl (C=O) groups excluding carboxylic acids is 1. The summed E-state index contributed by atoms with van der Waals surface area (Å²) in [7, 11) is 0. The van der Waals surface area contributed by atoms with Gasteiger partial charge in [0.15, 0.2) is 0 Å². The van der Waals surface area contributed by atoms with Crippen LogP contribution in [-0.2, 0) is 16.0 Å². The van der Waals surface area contributed by atoms with Gasteiger partial charge >= 0.3 is 5.97 Å². The summed E-state index contributed by atoms with van der Waals surface area (Å²) >= 11 is 0. The molecule has 3 rings (SSSR count). The molecule has 0 radical (unpaired) electrons. The molecule has 2 unspecified atom stereocenters. The standard InChI is InChI=1S/C20H21NO4/c22-19(23)11-10-17(14-6-2-1-3-7-14)21-20(24)16-12-15-8-4-5-9-18(15)25-13-16/h1-9,16-17H,10-13H2,(H,21,24)(H,22,23). The fourth-order valence-electron chi connectivity index (χ4n) is 3.06. The second-order valence-corrected chi connectivity index (χ2v) is 6.22. The molecule has 0 spiro atoms. The number of fused-ring (bicyclic) bond motifs is 1. The van der Waals surface area contributed by atoms with Gasteiger partial charge in [0.1, 0.15) is 12.4 Å². The predicted octanol–water partition coefficient (Wildman–Crippen LogP) is 2.96. The summed E-state index contributed by atoms with van der Waals surface area (Å²) in [6.07, 6.45) is 0.988. The van der Waals surface area contributed by atoms with E-state index in [4.69, 9.17) is 9.84 Å². The van der Waals surface area contributed by atoms with E-state index in [0.29, 0.717) is 19.4 Å². The molecule has 2 atom stereocenters. The molecular formula is C20H21NO4. The summed E-state index contributed by atoms with van der Waals surface area (Å²) in [6.45, 7) is 0.337. The van der Waals surface area contributed by atoms with Crippen LogP contribution in [0.2, 0.25) is 0 Å². The van der Waals surface area contributed by atoms with E-state index in [2.05, 4.69) is 5.32 Å². The fourth-order valence-corrected chi connectivity index (χ4v) is 3.06. The van der Waals surface area contributed by atoms with Crippen molar-refractivity contribution in [1.29, 1.82) is 0 Å². The third-order valence-corrected chi connectivity index (χ3v) is 4.42. The van der Waals surface area contributed by atoms with Gasteiger partial charge in [-0.1, -0.05) is 48.5 Å². The highest BCUT2D eigenvalue weighted by Gasteiger charge is 2.27. The Kier molecular flexibility index (Phi) is 5.33. The lowest BCUT2D eigenvalue weighted by Gasteiger charge is -2.27. The summed E-state index contributed by atoms with van der Waals surface area (Å²) in [5.41, 5.74) is 1.94. The van der Waals surface area contributed by atoms with Crippen molar-refractivity contribution in [3.63, 3.8) is 0 Å². The molecule has 0 fully saturated rings. The predicted molar refractivity (Wildman–Crippen MR) is 93.3 cm³/mol. The molecule has 0 aliphatic carbocycles. The number of benzene rings is 2. The third-order valence-electron chi connectivity index (χ3n) is 4.42. The minimum atomic E-state index is -0.870. The van der Waals surface area contributed by atoms with Crippen LogP contribution in [-0.4, -0.2) is 23.6 Å². The number of carbonyl (C=O) groups is 2. The second kappa shape index (κ2) is 7.83. The van der Waals surface area contributed by atoms with Crippen molar-refractivity contribution in [3.05, 3.63) is 65.7 Å². The number of hydrogen-bond donors (Lipinski definition) is 2. The van der Waals surface area contributed by atoms with Gasteiger partial charge in [-0.3, -0.25) is 9.59 Å². The van der Waals surface area contributed by atoms with Gasteiger partial charge in [-0.25, -0.2) is 0 Å². The molecule has 1 heterocycles. The smallest absolute Gasteiger partial charge is 0.303 e. The van der Waals surface area contributed by atoms with Crippen LogP contribution < -0.4 is 10.1 Å². The van der Waals surface area contributed by atoms with Gasteiger partial charge in [-0.2, -0.15) is 0 Å². The maximum Gasteiger partial charge on any atom is 0.303 e. The lowest BCUT2D eigenvalue weighted by molar-refractivity contribution is -0.137. The average Bonchev–Trinajstić information content (AvgIpc) is 2.65. The first-order chi connectivity index (χ1) is 12.1. The summed E-state index contributed by atoms with van der Waals surface area (Å²) in [5.74, 6) is -0.415. The number of para-hydroxylation sites is 1. The molecule has 5 nitrogen and oxygen atoms in total. The zero-order valence-electron chi connectivity index (χ0n) is 13.9. The molecule has 0 saturated heterocycles. The number of nitrogens with one attached hydrogen (secondary N) is 1. The van der Waals surface area contributed by atoms with Gasteiger partial charge < -0.3 is 15.2 Å². The van der Waals surface area contributed by atoms with Gasteiger partial charge in [-0.05, 0) is 30.0 Å². The summed E-state index contributed by atoms with van der Waals surface area (Å²) in [6, 6.07) is 16.9. The summed E-state index contributed by atoms with van der Waals surface area (Å²) in [5, 5.41) is 12.0. The molecule has 0 bridgehead atoms. The molecule has 2 N–H and O–H groups in total. The van der Waals surface area contributed by atoms with E-state index < -0.39 is 5.97 Å². The number of carboxylic acid groups (broad SMARTS) is 1. The highest BCUT2D eigenvalue weighted by molar-refractivity contribution is 5.80. The van der Waals surface area contributed by atoms with Gasteiger partial charge in [0.05, 0.1) is 12.0 Å². The van der Waals surface area contributed by atoms with Crippen molar-refractivity contribution in [3.8, 4) is 5.75 Å². The van der Waals surface area contributed by atoms with Crippen molar-refractivity contribution in [1.82, 2.24) is 5.32 Å². The molecule has 0 aromatic heterocycles. The lowest BCUT2D eigenvalue weighted by Crippen LogP contribution is -2.39. The third kappa shape index (κ3) is 4.38. The first-order valence-electron chi connectivity index (χ1n) is 8.41. The van der Waals surface area contributed by atoms with Crippen LogP contribution in [0.3, 0.4) is 0 Å². The first kappa shape index (κ1) is 17.0. The number of rotatable bonds is 6. The number of hydrogen-bond acceptors (Lipinski definition) is 3. The quantitative estimate of drug-likeness (QED) is 0.848. The van der Waals surface area contributed by atoms with Crippen molar-refractivity contribution in [2.75, 3.05) is 6.61 Å². The summed E-state index contributed by atoms with van der Waals surface area (Å²) < 4.78 is 5.69. The number of ether oxygens (including phenoxy) is 1. The van der Waals surface area contributed by atoms with Gasteiger partial charge in [-0.15, -0.1) is 0 Å². The van der Waals surface area contributed by atoms with Gasteiger partial charge in [0, 0.05) is 6.42 Å². The Morgan fingerprint density at radius 2 is 1.84 bits per heavy atom. The zero-order chi connectivity index (χ0) is 17.6. The van der Waals surface area contributed by atoms with Crippen molar-refractivity contribution >= 4 is 11.9 Å². The Morgan fingerprint density at radius 1 is 1.12 bits per heavy atom. The average molecular weight is 339 g/mol. The number of carboxylic acids is 1. The maximum atomic E-state index is 12.7. The first-order valence-corrected chi connectivity index (χ1v) is 8.41. The maximum absolute atomic E-state index is 12.7. The van der Waals surface area contributed by atoms with Crippen LogP contribution in [0.1, 0.15) is 30.0 Å². The van der Waals surface area contributed by atoms with Crippen LogP contribution in [0.5, 0.6) is 5.75 Å². The van der Waals surface area contributed by atoms with Crippen molar-refractivity contribution < 1.29 is 19.4 Å². The lowest BCUT2D eigenvalue weighted by atomic mass is 9.94. The van der Waals surface area contributed by atoms with Crippen LogP contribution in [0.25, 0.3) is 0 Å². The van der Waals surface area contributed by atoms with E-state index in [1.807, 2.05) is 54.6 Å². The molecule has 5 heteroatoms. The van der Waals surface area contributed by atoms with Crippen LogP contribution in [0.4, 0.5) is 0 Å². The SMILES string of the molecule is O=C(O)CCC(NC(=O)C1COc2ccccc2C1)c1ccccc1. The Hall–Kier alpha value is -2.82. The Morgan fingerprint density at radius 3 is 2.60 bits per heavy atom. The van der Waals surface area contributed by atoms with E-state index in [0.717, 1.165) is 16.9 Å². The monoisotopic (exact) mass is 339 g/mol. The highest BCUT2D eigenvalue weighted by Crippen LogP contribution is 2.28. The Bertz CT molecular complexity index is 744. The Balaban J connectivity index is 1.69. The molecule has 25 heavy (non-hydrogen) atoms. The molecular weight excluding hydrogens is 318 g/mol. The highest BCUT2D eigenvalue weighted by atomic mass is 16.5. The molecule has 2 aromatic rings. The molecule has 1 aliphatic rings. The fraction of sp³-hybridized carbons (Fsp3) is 0.300. The molecule has 1 amide bonds. The molecule has 1 aliphatic heterocycles. The molecule has 2 aromatic carbocycles. The van der Waals surface area contributed by atoms with Gasteiger partial charge in [0.25, 0.3) is 0 Å². The van der Waals surface area contributed by atoms with Crippen molar-refractivity contribution in [2.24, 2.45) is 5.92 Å². The normalized spacial score (nSPS) is 17.0.